The molecule has 0 aliphatic carbocycles. The molecule has 0 amide bonds. The van der Waals surface area contributed by atoms with Gasteiger partial charge in [0.25, 0.3) is 0 Å². The molecule has 142 valence electrons. The molecule has 5 nitrogen and oxygen atoms in total. The number of nitrogens with one attached hydrogen (secondary N) is 1. The molecule has 0 saturated carbocycles. The van der Waals surface area contributed by atoms with Crippen LogP contribution >= 0.6 is 11.3 Å². The predicted octanol–water partition coefficient (Wildman–Crippen LogP) is 3.84. The first kappa shape index (κ1) is 19.1. The van der Waals surface area contributed by atoms with E-state index in [1.165, 1.54) is 25.2 Å². The van der Waals surface area contributed by atoms with Crippen molar-refractivity contribution in [1.29, 1.82) is 0 Å². The number of pyridine rings is 1. The number of ketones is 1. The van der Waals surface area contributed by atoms with Crippen LogP contribution < -0.4 is 5.32 Å². The number of Topliss-reactive ketones (excluding diaryl/α,β-unsaturated/α-hetero) is 1. The van der Waals surface area contributed by atoms with Gasteiger partial charge in [-0.1, -0.05) is 6.07 Å². The Balaban J connectivity index is 2.38. The van der Waals surface area contributed by atoms with E-state index >= 15 is 0 Å². The number of carbonyl (C=O) groups excluding carboxylic acids is 2. The maximum atomic E-state index is 13.7. The van der Waals surface area contributed by atoms with Crippen LogP contribution in [0, 0.1) is 0 Å². The Morgan fingerprint density at radius 3 is 2.59 bits per heavy atom. The number of aromatic nitrogens is 1. The first-order valence-corrected chi connectivity index (χ1v) is 8.75. The van der Waals surface area contributed by atoms with E-state index in [1.54, 1.807) is 23.7 Å². The zero-order valence-corrected chi connectivity index (χ0v) is 15.4. The van der Waals surface area contributed by atoms with Gasteiger partial charge < -0.3 is 10.1 Å². The first-order valence-electron chi connectivity index (χ1n) is 7.87. The number of alkyl halides is 3. The fourth-order valence-corrected chi connectivity index (χ4v) is 4.21. The highest BCUT2D eigenvalue weighted by Crippen LogP contribution is 2.45. The smallest absolute Gasteiger partial charge is 0.431 e. The van der Waals surface area contributed by atoms with Gasteiger partial charge in [0, 0.05) is 28.8 Å². The zero-order valence-electron chi connectivity index (χ0n) is 14.6. The highest BCUT2D eigenvalue weighted by atomic mass is 32.1. The summed E-state index contributed by atoms with van der Waals surface area (Å²) in [5.41, 5.74) is -1.30. The molecule has 2 aromatic rings. The van der Waals surface area contributed by atoms with Crippen molar-refractivity contribution in [3.63, 3.8) is 0 Å². The lowest BCUT2D eigenvalue weighted by Gasteiger charge is -2.31. The molecule has 3 heterocycles. The van der Waals surface area contributed by atoms with E-state index in [1.807, 2.05) is 0 Å². The topological polar surface area (TPSA) is 68.3 Å². The number of hydrogen-bond donors (Lipinski definition) is 1. The van der Waals surface area contributed by atoms with Gasteiger partial charge in [0.05, 0.1) is 12.7 Å². The molecule has 0 bridgehead atoms. The van der Waals surface area contributed by atoms with Gasteiger partial charge in [-0.05, 0) is 30.9 Å². The molecule has 1 N–H and O–H groups in total. The van der Waals surface area contributed by atoms with Gasteiger partial charge in [-0.3, -0.25) is 4.79 Å². The second kappa shape index (κ2) is 6.80. The van der Waals surface area contributed by atoms with Crippen molar-refractivity contribution in [2.45, 2.75) is 25.9 Å². The number of esters is 1. The number of nitrogens with zero attached hydrogens (tertiary/aromatic N) is 1. The van der Waals surface area contributed by atoms with Crippen LogP contribution in [0.2, 0.25) is 0 Å². The van der Waals surface area contributed by atoms with Gasteiger partial charge in [0.1, 0.15) is 10.5 Å². The number of dihydropyridines is 1. The largest absolute Gasteiger partial charge is 0.466 e. The average molecular weight is 396 g/mol. The minimum absolute atomic E-state index is 0.0516. The summed E-state index contributed by atoms with van der Waals surface area (Å²) >= 11 is 1.23. The van der Waals surface area contributed by atoms with Gasteiger partial charge in [-0.25, -0.2) is 9.78 Å². The van der Waals surface area contributed by atoms with Gasteiger partial charge in [-0.15, -0.1) is 11.3 Å². The molecule has 1 aliphatic rings. The van der Waals surface area contributed by atoms with Gasteiger partial charge >= 0.3 is 12.1 Å². The molecule has 9 heteroatoms. The van der Waals surface area contributed by atoms with E-state index in [0.29, 0.717) is 15.8 Å². The Hall–Kier alpha value is -2.68. The molecular weight excluding hydrogens is 381 g/mol. The summed E-state index contributed by atoms with van der Waals surface area (Å²) in [6.45, 7) is 2.64. The Kier molecular flexibility index (Phi) is 4.81. The van der Waals surface area contributed by atoms with Crippen LogP contribution in [0.25, 0.3) is 10.2 Å². The number of fused-ring (bicyclic) bond motifs is 1. The van der Waals surface area contributed by atoms with Crippen molar-refractivity contribution in [3.8, 4) is 0 Å². The summed E-state index contributed by atoms with van der Waals surface area (Å²) in [6.07, 6.45) is -3.26. The summed E-state index contributed by atoms with van der Waals surface area (Å²) in [7, 11) is 1.01. The summed E-state index contributed by atoms with van der Waals surface area (Å²) < 4.78 is 45.7. The summed E-state index contributed by atoms with van der Waals surface area (Å²) in [4.78, 5) is 29.5. The number of methoxy groups -OCH3 is 1. The van der Waals surface area contributed by atoms with Gasteiger partial charge in [0.2, 0.25) is 0 Å². The average Bonchev–Trinajstić information content (AvgIpc) is 3.02. The first-order chi connectivity index (χ1) is 12.7. The van der Waals surface area contributed by atoms with E-state index in [2.05, 4.69) is 15.0 Å². The molecule has 27 heavy (non-hydrogen) atoms. The molecule has 1 unspecified atom stereocenters. The standard InChI is InChI=1S/C18H15F3N2O3S/c1-8-12(9(2)24)13(11-7-27-16-10(11)5-4-6-22-16)14(17(25)26-3)15(23-8)18(19,20)21/h4-7,13,23H,1-3H3. The number of halogens is 3. The zero-order chi connectivity index (χ0) is 19.9. The normalized spacial score (nSPS) is 17.9. The minimum Gasteiger partial charge on any atom is -0.466 e. The molecular formula is C18H15F3N2O3S. The third-order valence-electron chi connectivity index (χ3n) is 4.32. The fourth-order valence-electron chi connectivity index (χ4n) is 3.27. The minimum atomic E-state index is -4.82. The summed E-state index contributed by atoms with van der Waals surface area (Å²) in [5, 5.41) is 4.41. The summed E-state index contributed by atoms with van der Waals surface area (Å²) in [6, 6.07) is 3.35. The third kappa shape index (κ3) is 3.23. The molecule has 0 radical (unpaired) electrons. The lowest BCUT2D eigenvalue weighted by Crippen LogP contribution is -2.37. The van der Waals surface area contributed by atoms with Crippen LogP contribution in [-0.4, -0.2) is 30.0 Å². The van der Waals surface area contributed by atoms with Crippen LogP contribution in [0.1, 0.15) is 25.3 Å². The van der Waals surface area contributed by atoms with Gasteiger partial charge in [0.15, 0.2) is 5.78 Å². The molecule has 0 fully saturated rings. The van der Waals surface area contributed by atoms with Crippen molar-refractivity contribution < 1.29 is 27.5 Å². The second-order valence-electron chi connectivity index (χ2n) is 5.98. The number of thiophene rings is 1. The lowest BCUT2D eigenvalue weighted by molar-refractivity contribution is -0.138. The molecule has 0 aromatic carbocycles. The van der Waals surface area contributed by atoms with Crippen LogP contribution in [0.3, 0.4) is 0 Å². The highest BCUT2D eigenvalue weighted by molar-refractivity contribution is 7.16. The second-order valence-corrected chi connectivity index (χ2v) is 6.84. The van der Waals surface area contributed by atoms with Crippen molar-refractivity contribution >= 4 is 33.3 Å². The van der Waals surface area contributed by atoms with Crippen LogP contribution in [0.4, 0.5) is 13.2 Å². The molecule has 0 saturated heterocycles. The van der Waals surface area contributed by atoms with E-state index in [4.69, 9.17) is 0 Å². The molecule has 1 atom stereocenters. The van der Waals surface area contributed by atoms with Crippen molar-refractivity contribution in [1.82, 2.24) is 10.3 Å². The molecule has 0 spiro atoms. The number of hydrogen-bond acceptors (Lipinski definition) is 6. The maximum Gasteiger partial charge on any atom is 0.431 e. The number of allylic oxidation sites excluding steroid dienone is 3. The SMILES string of the molecule is COC(=O)C1=C(C(F)(F)F)NC(C)=C(C(C)=O)C1c1csc2ncccc12. The Morgan fingerprint density at radius 1 is 1.30 bits per heavy atom. The van der Waals surface area contributed by atoms with Crippen molar-refractivity contribution in [2.24, 2.45) is 0 Å². The van der Waals surface area contributed by atoms with Crippen molar-refractivity contribution in [3.05, 3.63) is 51.8 Å². The van der Waals surface area contributed by atoms with Crippen molar-refractivity contribution in [2.75, 3.05) is 7.11 Å². The highest BCUT2D eigenvalue weighted by Gasteiger charge is 2.46. The third-order valence-corrected chi connectivity index (χ3v) is 5.24. The molecule has 3 rings (SSSR count). The van der Waals surface area contributed by atoms with Crippen LogP contribution in [0.15, 0.2) is 46.2 Å². The summed E-state index contributed by atoms with van der Waals surface area (Å²) in [5.74, 6) is -2.78. The van der Waals surface area contributed by atoms with E-state index < -0.39 is 35.1 Å². The van der Waals surface area contributed by atoms with Gasteiger partial charge in [-0.2, -0.15) is 13.2 Å². The number of carbonyl (C=O) groups is 2. The Labute approximate surface area is 156 Å². The van der Waals surface area contributed by atoms with Crippen LogP contribution in [0.5, 0.6) is 0 Å². The quantitative estimate of drug-likeness (QED) is 0.799. The number of rotatable bonds is 3. The predicted molar refractivity (Wildman–Crippen MR) is 94.0 cm³/mol. The molecule has 1 aliphatic heterocycles. The van der Waals surface area contributed by atoms with E-state index in [9.17, 15) is 22.8 Å². The Bertz CT molecular complexity index is 1000. The van der Waals surface area contributed by atoms with E-state index in [-0.39, 0.29) is 11.3 Å². The van der Waals surface area contributed by atoms with Crippen LogP contribution in [-0.2, 0) is 14.3 Å². The lowest BCUT2D eigenvalue weighted by atomic mass is 9.79. The maximum absolute atomic E-state index is 13.7. The fraction of sp³-hybridized carbons (Fsp3) is 0.278. The van der Waals surface area contributed by atoms with E-state index in [0.717, 1.165) is 7.11 Å². The monoisotopic (exact) mass is 396 g/mol. The number of ether oxygens (including phenoxy) is 1. The molecule has 2 aromatic heterocycles. The Morgan fingerprint density at radius 2 is 2.00 bits per heavy atom.